The number of allylic oxidation sites excluding steroid dienone is 1. The van der Waals surface area contributed by atoms with Gasteiger partial charge in [-0.3, -0.25) is 34.5 Å². The van der Waals surface area contributed by atoms with Gasteiger partial charge in [-0.25, -0.2) is 4.98 Å². The van der Waals surface area contributed by atoms with Crippen LogP contribution < -0.4 is 26.6 Å². The maximum absolute atomic E-state index is 13.0. The molecule has 2 saturated heterocycles. The SMILES string of the molecule is NC=C(C=NC1CCN(c2cccc(NCC(=O)NCc3scc4c3CN(C3CCC(=O)NC3=O)C4=O)c2)CC1)c1cnc2ccccc2n1. The zero-order chi connectivity index (χ0) is 34.6. The van der Waals surface area contributed by atoms with Crippen molar-refractivity contribution in [3.05, 3.63) is 88.0 Å². The highest BCUT2D eigenvalue weighted by atomic mass is 32.1. The molecule has 0 radical (unpaired) electrons. The van der Waals surface area contributed by atoms with E-state index in [0.717, 1.165) is 64.4 Å². The van der Waals surface area contributed by atoms with E-state index >= 15 is 0 Å². The molecule has 7 rings (SSSR count). The average Bonchev–Trinajstić information content (AvgIpc) is 3.69. The first kappa shape index (κ1) is 32.9. The van der Waals surface area contributed by atoms with E-state index in [0.29, 0.717) is 17.7 Å². The molecule has 2 aromatic heterocycles. The topological polar surface area (TPSA) is 175 Å². The lowest BCUT2D eigenvalue weighted by Gasteiger charge is -2.32. The van der Waals surface area contributed by atoms with Crippen LogP contribution in [0.5, 0.6) is 0 Å². The third kappa shape index (κ3) is 7.06. The Morgan fingerprint density at radius 3 is 2.70 bits per heavy atom. The van der Waals surface area contributed by atoms with Gasteiger partial charge in [0.25, 0.3) is 5.91 Å². The molecule has 256 valence electrons. The summed E-state index contributed by atoms with van der Waals surface area (Å²) in [6.07, 6.45) is 7.34. The molecule has 14 heteroatoms. The number of thiophene rings is 1. The Morgan fingerprint density at radius 1 is 1.08 bits per heavy atom. The van der Waals surface area contributed by atoms with Crippen LogP contribution in [0.2, 0.25) is 0 Å². The number of nitrogens with one attached hydrogen (secondary N) is 3. The van der Waals surface area contributed by atoms with Crippen molar-refractivity contribution in [1.29, 1.82) is 0 Å². The molecule has 3 aliphatic rings. The molecular weight excluding hydrogens is 655 g/mol. The van der Waals surface area contributed by atoms with Crippen LogP contribution in [0.3, 0.4) is 0 Å². The Labute approximate surface area is 292 Å². The summed E-state index contributed by atoms with van der Waals surface area (Å²) in [6.45, 7) is 2.35. The lowest BCUT2D eigenvalue weighted by atomic mass is 10.0. The number of carbonyl (C=O) groups excluding carboxylic acids is 4. The molecule has 4 aromatic rings. The van der Waals surface area contributed by atoms with Gasteiger partial charge in [-0.2, -0.15) is 0 Å². The third-order valence-corrected chi connectivity index (χ3v) is 10.3. The molecular formula is C36H37N9O4S. The number of para-hydroxylation sites is 2. The summed E-state index contributed by atoms with van der Waals surface area (Å²) in [6, 6.07) is 15.3. The fourth-order valence-electron chi connectivity index (χ4n) is 6.54. The highest BCUT2D eigenvalue weighted by Gasteiger charge is 2.40. The van der Waals surface area contributed by atoms with E-state index < -0.39 is 11.9 Å². The van der Waals surface area contributed by atoms with E-state index in [4.69, 9.17) is 10.7 Å². The molecule has 5 N–H and O–H groups in total. The van der Waals surface area contributed by atoms with Crippen molar-refractivity contribution in [3.8, 4) is 0 Å². The van der Waals surface area contributed by atoms with Crippen LogP contribution in [0.4, 0.5) is 11.4 Å². The fraction of sp³-hybridized carbons (Fsp3) is 0.306. The predicted octanol–water partition coefficient (Wildman–Crippen LogP) is 3.22. The number of aromatic nitrogens is 2. The number of fused-ring (bicyclic) bond motifs is 2. The number of nitrogens with zero attached hydrogens (tertiary/aromatic N) is 5. The maximum Gasteiger partial charge on any atom is 0.256 e. The molecule has 13 nitrogen and oxygen atoms in total. The smallest absolute Gasteiger partial charge is 0.256 e. The van der Waals surface area contributed by atoms with Crippen molar-refractivity contribution in [1.82, 2.24) is 25.5 Å². The normalized spacial score (nSPS) is 18.5. The van der Waals surface area contributed by atoms with Gasteiger partial charge in [0.2, 0.25) is 17.7 Å². The van der Waals surface area contributed by atoms with Crippen molar-refractivity contribution in [2.45, 2.75) is 50.9 Å². The average molecular weight is 692 g/mol. The number of nitrogens with two attached hydrogens (primary N) is 1. The number of imide groups is 1. The Kier molecular flexibility index (Phi) is 9.52. The van der Waals surface area contributed by atoms with E-state index in [1.165, 1.54) is 22.4 Å². The second-order valence-electron chi connectivity index (χ2n) is 12.5. The zero-order valence-electron chi connectivity index (χ0n) is 27.3. The van der Waals surface area contributed by atoms with Crippen molar-refractivity contribution in [2.75, 3.05) is 29.9 Å². The van der Waals surface area contributed by atoms with Crippen molar-refractivity contribution >= 4 is 69.2 Å². The van der Waals surface area contributed by atoms with Crippen LogP contribution >= 0.6 is 11.3 Å². The van der Waals surface area contributed by atoms with Crippen LogP contribution in [0.25, 0.3) is 16.6 Å². The Morgan fingerprint density at radius 2 is 1.90 bits per heavy atom. The lowest BCUT2D eigenvalue weighted by molar-refractivity contribution is -0.137. The number of aliphatic imine (C=N–C) groups is 1. The summed E-state index contributed by atoms with van der Waals surface area (Å²) in [5.41, 5.74) is 12.3. The zero-order valence-corrected chi connectivity index (χ0v) is 28.1. The Bertz CT molecular complexity index is 2020. The molecule has 1 unspecified atom stereocenters. The van der Waals surface area contributed by atoms with Gasteiger partial charge < -0.3 is 26.2 Å². The van der Waals surface area contributed by atoms with Crippen LogP contribution in [0.15, 0.2) is 71.3 Å². The third-order valence-electron chi connectivity index (χ3n) is 9.31. The van der Waals surface area contributed by atoms with Gasteiger partial charge in [0.15, 0.2) is 0 Å². The molecule has 0 bridgehead atoms. The van der Waals surface area contributed by atoms with E-state index in [2.05, 4.69) is 36.9 Å². The number of benzene rings is 2. The minimum Gasteiger partial charge on any atom is -0.404 e. The Balaban J connectivity index is 0.876. The summed E-state index contributed by atoms with van der Waals surface area (Å²) >= 11 is 1.42. The second-order valence-corrected chi connectivity index (χ2v) is 13.5. The van der Waals surface area contributed by atoms with Gasteiger partial charge in [0.1, 0.15) is 6.04 Å². The highest BCUT2D eigenvalue weighted by Crippen LogP contribution is 2.34. The Hall–Kier alpha value is -5.63. The summed E-state index contributed by atoms with van der Waals surface area (Å²) in [5.74, 6) is -1.15. The second kappa shape index (κ2) is 14.5. The first-order valence-electron chi connectivity index (χ1n) is 16.6. The molecule has 0 aliphatic carbocycles. The van der Waals surface area contributed by atoms with Gasteiger partial charge in [-0.05, 0) is 55.2 Å². The standard InChI is InChI=1S/C36H37N9O4S/c37-15-22(30-17-40-28-6-1-2-7-29(28)42-30)16-38-23-10-12-44(13-11-23)25-5-3-4-24(14-25)39-19-34(47)41-18-32-26-20-45(36(49)27(26)21-50-32)31-8-9-33(46)43-35(31)48/h1-7,14-17,21,23,31,39H,8-13,18-20,37H2,(H,41,47)(H,43,46,48). The number of anilines is 2. The molecule has 0 spiro atoms. The summed E-state index contributed by atoms with van der Waals surface area (Å²) in [5, 5.41) is 10.3. The van der Waals surface area contributed by atoms with Gasteiger partial charge in [-0.15, -0.1) is 11.3 Å². The quantitative estimate of drug-likeness (QED) is 0.144. The van der Waals surface area contributed by atoms with Crippen molar-refractivity contribution in [3.63, 3.8) is 0 Å². The van der Waals surface area contributed by atoms with Gasteiger partial charge in [0, 0.05) is 65.7 Å². The van der Waals surface area contributed by atoms with E-state index in [-0.39, 0.29) is 49.8 Å². The number of carbonyl (C=O) groups is 4. The van der Waals surface area contributed by atoms with Crippen molar-refractivity contribution < 1.29 is 19.2 Å². The maximum atomic E-state index is 13.0. The predicted molar refractivity (Wildman–Crippen MR) is 193 cm³/mol. The van der Waals surface area contributed by atoms with Crippen LogP contribution in [0.1, 0.15) is 52.2 Å². The number of hydrogen-bond donors (Lipinski definition) is 4. The van der Waals surface area contributed by atoms with Crippen LogP contribution in [0, 0.1) is 0 Å². The number of rotatable bonds is 10. The molecule has 2 fully saturated rings. The molecule has 50 heavy (non-hydrogen) atoms. The van der Waals surface area contributed by atoms with Crippen LogP contribution in [-0.4, -0.2) is 76.4 Å². The van der Waals surface area contributed by atoms with E-state index in [1.54, 1.807) is 17.8 Å². The fourth-order valence-corrected chi connectivity index (χ4v) is 7.51. The minimum atomic E-state index is -0.663. The summed E-state index contributed by atoms with van der Waals surface area (Å²) in [7, 11) is 0. The molecule has 5 heterocycles. The number of hydrogen-bond acceptors (Lipinski definition) is 11. The molecule has 1 atom stereocenters. The first-order valence-corrected chi connectivity index (χ1v) is 17.5. The van der Waals surface area contributed by atoms with Crippen LogP contribution in [-0.2, 0) is 27.5 Å². The molecule has 3 aliphatic heterocycles. The number of piperidine rings is 2. The van der Waals surface area contributed by atoms with E-state index in [1.807, 2.05) is 42.5 Å². The lowest BCUT2D eigenvalue weighted by Crippen LogP contribution is -2.52. The van der Waals surface area contributed by atoms with Gasteiger partial charge in [-0.1, -0.05) is 18.2 Å². The first-order chi connectivity index (χ1) is 24.4. The minimum absolute atomic E-state index is 0.0910. The monoisotopic (exact) mass is 691 g/mol. The number of amides is 4. The summed E-state index contributed by atoms with van der Waals surface area (Å²) in [4.78, 5) is 68.4. The molecule has 0 saturated carbocycles. The van der Waals surface area contributed by atoms with Crippen molar-refractivity contribution in [2.24, 2.45) is 10.7 Å². The molecule has 4 amide bonds. The van der Waals surface area contributed by atoms with Gasteiger partial charge >= 0.3 is 0 Å². The largest absolute Gasteiger partial charge is 0.404 e. The molecule has 2 aromatic carbocycles. The van der Waals surface area contributed by atoms with E-state index in [9.17, 15) is 19.2 Å². The van der Waals surface area contributed by atoms with Gasteiger partial charge in [0.05, 0.1) is 47.6 Å². The summed E-state index contributed by atoms with van der Waals surface area (Å²) < 4.78 is 0. The highest BCUT2D eigenvalue weighted by molar-refractivity contribution is 7.10.